The van der Waals surface area contributed by atoms with Gasteiger partial charge in [0.15, 0.2) is 0 Å². The third-order valence-electron chi connectivity index (χ3n) is 4.49. The molecular weight excluding hydrogens is 334 g/mol. The molecule has 1 atom stereocenters. The van der Waals surface area contributed by atoms with E-state index < -0.39 is 5.97 Å². The number of aromatic carboxylic acids is 1. The smallest absolute Gasteiger partial charge is 0.335 e. The molecule has 1 N–H and O–H groups in total. The molecule has 0 saturated carbocycles. The maximum atomic E-state index is 11.9. The number of methoxy groups -OCH3 is 1. The fourth-order valence-electron chi connectivity index (χ4n) is 3.19. The third-order valence-corrected chi connectivity index (χ3v) is 4.49. The molecule has 7 heteroatoms. The Hall–Kier alpha value is -2.80. The van der Waals surface area contributed by atoms with Crippen molar-refractivity contribution in [3.63, 3.8) is 0 Å². The molecule has 0 spiro atoms. The number of ether oxygens (including phenoxy) is 1. The molecule has 136 valence electrons. The van der Waals surface area contributed by atoms with Crippen LogP contribution in [0.25, 0.3) is 11.3 Å². The number of aromatic nitrogens is 2. The van der Waals surface area contributed by atoms with E-state index in [0.29, 0.717) is 18.2 Å². The molecule has 2 aromatic rings. The maximum absolute atomic E-state index is 11.9. The normalized spacial score (nSPS) is 16.7. The minimum Gasteiger partial charge on any atom is -0.478 e. The van der Waals surface area contributed by atoms with Crippen LogP contribution in [0.2, 0.25) is 0 Å². The zero-order valence-electron chi connectivity index (χ0n) is 14.6. The second-order valence-corrected chi connectivity index (χ2v) is 6.41. The van der Waals surface area contributed by atoms with Crippen molar-refractivity contribution in [1.29, 1.82) is 0 Å². The lowest BCUT2D eigenvalue weighted by Gasteiger charge is -2.16. The van der Waals surface area contributed by atoms with Crippen LogP contribution in [-0.4, -0.2) is 58.7 Å². The van der Waals surface area contributed by atoms with Gasteiger partial charge in [-0.3, -0.25) is 9.78 Å². The molecule has 1 fully saturated rings. The first kappa shape index (κ1) is 18.0. The molecule has 7 nitrogen and oxygen atoms in total. The lowest BCUT2D eigenvalue weighted by atomic mass is 10.0. The van der Waals surface area contributed by atoms with Gasteiger partial charge in [-0.2, -0.15) is 0 Å². The Morgan fingerprint density at radius 2 is 2.19 bits per heavy atom. The molecule has 0 bridgehead atoms. The Balaban J connectivity index is 1.70. The van der Waals surface area contributed by atoms with Crippen molar-refractivity contribution in [2.45, 2.75) is 12.8 Å². The largest absolute Gasteiger partial charge is 0.478 e. The molecule has 3 rings (SSSR count). The number of amides is 1. The monoisotopic (exact) mass is 355 g/mol. The van der Waals surface area contributed by atoms with E-state index >= 15 is 0 Å². The van der Waals surface area contributed by atoms with E-state index in [1.807, 2.05) is 11.0 Å². The van der Waals surface area contributed by atoms with Gasteiger partial charge in [0.2, 0.25) is 5.91 Å². The average Bonchev–Trinajstić information content (AvgIpc) is 3.11. The minimum absolute atomic E-state index is 0.0142. The third kappa shape index (κ3) is 4.23. The highest BCUT2D eigenvalue weighted by molar-refractivity contribution is 5.89. The Morgan fingerprint density at radius 3 is 2.96 bits per heavy atom. The zero-order valence-corrected chi connectivity index (χ0v) is 14.6. The first-order chi connectivity index (χ1) is 12.6. The van der Waals surface area contributed by atoms with Crippen molar-refractivity contribution in [1.82, 2.24) is 14.9 Å². The van der Waals surface area contributed by atoms with E-state index in [4.69, 9.17) is 9.84 Å². The van der Waals surface area contributed by atoms with Crippen molar-refractivity contribution < 1.29 is 19.4 Å². The fourth-order valence-corrected chi connectivity index (χ4v) is 3.19. The molecule has 0 aliphatic carbocycles. The highest BCUT2D eigenvalue weighted by Gasteiger charge is 2.26. The molecule has 0 unspecified atom stereocenters. The van der Waals surface area contributed by atoms with Gasteiger partial charge in [0, 0.05) is 32.0 Å². The molecule has 1 aromatic carbocycles. The number of carboxylic acid groups (broad SMARTS) is 1. The van der Waals surface area contributed by atoms with Gasteiger partial charge < -0.3 is 14.7 Å². The Labute approximate surface area is 151 Å². The molecule has 0 radical (unpaired) electrons. The van der Waals surface area contributed by atoms with E-state index in [1.54, 1.807) is 30.6 Å². The maximum Gasteiger partial charge on any atom is 0.335 e. The lowest BCUT2D eigenvalue weighted by Crippen LogP contribution is -2.31. The molecule has 1 aliphatic rings. The number of rotatable bonds is 6. The SMILES string of the molecule is COCC(=O)N1CC[C@H](Cc2cncc(-c3cccc(C(=O)O)c3)n2)C1. The molecule has 1 saturated heterocycles. The van der Waals surface area contributed by atoms with Crippen molar-refractivity contribution >= 4 is 11.9 Å². The van der Waals surface area contributed by atoms with Crippen LogP contribution in [0.1, 0.15) is 22.5 Å². The number of carbonyl (C=O) groups is 2. The zero-order chi connectivity index (χ0) is 18.5. The number of nitrogens with zero attached hydrogens (tertiary/aromatic N) is 3. The van der Waals surface area contributed by atoms with E-state index in [-0.39, 0.29) is 18.1 Å². The molecule has 26 heavy (non-hydrogen) atoms. The number of carboxylic acids is 1. The summed E-state index contributed by atoms with van der Waals surface area (Å²) in [6, 6.07) is 6.66. The number of likely N-dealkylation sites (tertiary alicyclic amines) is 1. The van der Waals surface area contributed by atoms with Crippen LogP contribution in [0.5, 0.6) is 0 Å². The Bertz CT molecular complexity index is 809. The Kier molecular flexibility index (Phi) is 5.58. The molecule has 1 aliphatic heterocycles. The molecule has 1 aromatic heterocycles. The number of benzene rings is 1. The van der Waals surface area contributed by atoms with Crippen LogP contribution in [-0.2, 0) is 16.0 Å². The number of hydrogen-bond acceptors (Lipinski definition) is 5. The van der Waals surface area contributed by atoms with Crippen LogP contribution in [0.3, 0.4) is 0 Å². The van der Waals surface area contributed by atoms with Gasteiger partial charge in [0.25, 0.3) is 0 Å². The van der Waals surface area contributed by atoms with Gasteiger partial charge in [0.05, 0.1) is 23.1 Å². The second-order valence-electron chi connectivity index (χ2n) is 6.41. The molecule has 1 amide bonds. The summed E-state index contributed by atoms with van der Waals surface area (Å²) in [7, 11) is 1.52. The summed E-state index contributed by atoms with van der Waals surface area (Å²) in [5.74, 6) is -0.617. The highest BCUT2D eigenvalue weighted by Crippen LogP contribution is 2.22. The summed E-state index contributed by atoms with van der Waals surface area (Å²) in [5.41, 5.74) is 2.44. The number of carbonyl (C=O) groups excluding carboxylic acids is 1. The van der Waals surface area contributed by atoms with Crippen molar-refractivity contribution in [2.24, 2.45) is 5.92 Å². The van der Waals surface area contributed by atoms with Crippen molar-refractivity contribution in [2.75, 3.05) is 26.8 Å². The predicted octanol–water partition coefficient (Wildman–Crippen LogP) is 1.88. The van der Waals surface area contributed by atoms with Gasteiger partial charge in [-0.25, -0.2) is 9.78 Å². The standard InChI is InChI=1S/C19H21N3O4/c1-26-12-18(23)22-6-5-13(11-22)7-16-9-20-10-17(21-16)14-3-2-4-15(8-14)19(24)25/h2-4,8-10,13H,5-7,11-12H2,1H3,(H,24,25)/t13-/m1/s1. The predicted molar refractivity (Wildman–Crippen MR) is 94.7 cm³/mol. The summed E-state index contributed by atoms with van der Waals surface area (Å²) in [4.78, 5) is 33.7. The van der Waals surface area contributed by atoms with Gasteiger partial charge >= 0.3 is 5.97 Å². The minimum atomic E-state index is -0.970. The quantitative estimate of drug-likeness (QED) is 0.850. The summed E-state index contributed by atoms with van der Waals surface area (Å²) in [6.45, 7) is 1.55. The average molecular weight is 355 g/mol. The fraction of sp³-hybridized carbons (Fsp3) is 0.368. The lowest BCUT2D eigenvalue weighted by molar-refractivity contribution is -0.134. The van der Waals surface area contributed by atoms with E-state index in [2.05, 4.69) is 9.97 Å². The van der Waals surface area contributed by atoms with Gasteiger partial charge in [-0.15, -0.1) is 0 Å². The van der Waals surface area contributed by atoms with Crippen molar-refractivity contribution in [3.8, 4) is 11.3 Å². The van der Waals surface area contributed by atoms with Crippen molar-refractivity contribution in [3.05, 3.63) is 47.9 Å². The van der Waals surface area contributed by atoms with Gasteiger partial charge in [0.1, 0.15) is 6.61 Å². The Morgan fingerprint density at radius 1 is 1.35 bits per heavy atom. The van der Waals surface area contributed by atoms with Gasteiger partial charge in [-0.1, -0.05) is 12.1 Å². The number of hydrogen-bond donors (Lipinski definition) is 1. The second kappa shape index (κ2) is 8.05. The summed E-state index contributed by atoms with van der Waals surface area (Å²) in [6.07, 6.45) is 5.02. The van der Waals surface area contributed by atoms with E-state index in [9.17, 15) is 9.59 Å². The van der Waals surface area contributed by atoms with Gasteiger partial charge in [-0.05, 0) is 30.9 Å². The van der Waals surface area contributed by atoms with Crippen LogP contribution < -0.4 is 0 Å². The first-order valence-corrected chi connectivity index (χ1v) is 8.48. The van der Waals surface area contributed by atoms with Crippen LogP contribution in [0.15, 0.2) is 36.7 Å². The topological polar surface area (TPSA) is 92.6 Å². The van der Waals surface area contributed by atoms with Crippen LogP contribution >= 0.6 is 0 Å². The molecular formula is C19H21N3O4. The first-order valence-electron chi connectivity index (χ1n) is 8.48. The summed E-state index contributed by atoms with van der Waals surface area (Å²) in [5, 5.41) is 9.13. The summed E-state index contributed by atoms with van der Waals surface area (Å²) >= 11 is 0. The molecule has 2 heterocycles. The van der Waals surface area contributed by atoms with E-state index in [1.165, 1.54) is 7.11 Å². The summed E-state index contributed by atoms with van der Waals surface area (Å²) < 4.78 is 4.91. The highest BCUT2D eigenvalue weighted by atomic mass is 16.5. The van der Waals surface area contributed by atoms with Crippen LogP contribution in [0.4, 0.5) is 0 Å². The van der Waals surface area contributed by atoms with E-state index in [0.717, 1.165) is 30.6 Å². The van der Waals surface area contributed by atoms with Crippen LogP contribution in [0, 0.1) is 5.92 Å².